The maximum absolute atomic E-state index is 13.0. The highest BCUT2D eigenvalue weighted by atomic mass is 32.2. The van der Waals surface area contributed by atoms with Gasteiger partial charge in [-0.2, -0.15) is 13.2 Å². The molecule has 0 fully saturated rings. The predicted molar refractivity (Wildman–Crippen MR) is 88.0 cm³/mol. The van der Waals surface area contributed by atoms with Crippen molar-refractivity contribution in [2.45, 2.75) is 17.1 Å². The fraction of sp³-hybridized carbons (Fsp3) is 0.176. The van der Waals surface area contributed by atoms with Gasteiger partial charge in [0.25, 0.3) is 5.56 Å². The van der Waals surface area contributed by atoms with Gasteiger partial charge in [0.15, 0.2) is 5.16 Å². The molecule has 0 unspecified atom stereocenters. The van der Waals surface area contributed by atoms with Gasteiger partial charge in [0, 0.05) is 12.8 Å². The van der Waals surface area contributed by atoms with Crippen LogP contribution in [0, 0.1) is 0 Å². The van der Waals surface area contributed by atoms with Crippen molar-refractivity contribution in [1.82, 2.24) is 9.55 Å². The molecule has 2 aromatic carbocycles. The van der Waals surface area contributed by atoms with Crippen LogP contribution in [-0.2, 0) is 19.0 Å². The molecule has 1 aromatic heterocycles. The number of aromatic nitrogens is 2. The number of alkyl halides is 3. The largest absolute Gasteiger partial charge is 0.416 e. The van der Waals surface area contributed by atoms with Gasteiger partial charge in [-0.05, 0) is 23.8 Å². The minimum Gasteiger partial charge on any atom is -0.290 e. The van der Waals surface area contributed by atoms with Gasteiger partial charge in [0.05, 0.1) is 16.5 Å². The first-order valence-electron chi connectivity index (χ1n) is 7.11. The highest BCUT2D eigenvalue weighted by molar-refractivity contribution is 7.98. The highest BCUT2D eigenvalue weighted by Gasteiger charge is 2.32. The Bertz CT molecular complexity index is 950. The van der Waals surface area contributed by atoms with Gasteiger partial charge >= 0.3 is 6.18 Å². The molecule has 0 spiro atoms. The summed E-state index contributed by atoms with van der Waals surface area (Å²) >= 11 is 1.11. The maximum Gasteiger partial charge on any atom is 0.416 e. The standard InChI is InChI=1S/C17H13F3N2OS/c1-22-15(23)12-7-3-5-9-14(12)21-16(22)24-10-11-6-2-4-8-13(11)17(18,19)20/h2-9H,10H2,1H3. The second-order valence-electron chi connectivity index (χ2n) is 5.22. The number of hydrogen-bond acceptors (Lipinski definition) is 3. The zero-order valence-corrected chi connectivity index (χ0v) is 13.5. The zero-order chi connectivity index (χ0) is 17.3. The highest BCUT2D eigenvalue weighted by Crippen LogP contribution is 2.34. The van der Waals surface area contributed by atoms with Crippen LogP contribution in [0.4, 0.5) is 13.2 Å². The van der Waals surface area contributed by atoms with Crippen LogP contribution in [0.3, 0.4) is 0 Å². The number of para-hydroxylation sites is 1. The normalized spacial score (nSPS) is 11.8. The Morgan fingerprint density at radius 3 is 2.50 bits per heavy atom. The third kappa shape index (κ3) is 3.17. The van der Waals surface area contributed by atoms with Crippen LogP contribution in [0.1, 0.15) is 11.1 Å². The van der Waals surface area contributed by atoms with Gasteiger partial charge in [-0.3, -0.25) is 9.36 Å². The Morgan fingerprint density at radius 1 is 1.08 bits per heavy atom. The quantitative estimate of drug-likeness (QED) is 0.523. The molecule has 0 bridgehead atoms. The van der Waals surface area contributed by atoms with Crippen LogP contribution in [0.15, 0.2) is 58.5 Å². The average Bonchev–Trinajstić information content (AvgIpc) is 2.56. The minimum atomic E-state index is -4.40. The van der Waals surface area contributed by atoms with E-state index in [0.717, 1.165) is 17.8 Å². The van der Waals surface area contributed by atoms with E-state index in [0.29, 0.717) is 16.1 Å². The molecule has 0 aliphatic heterocycles. The number of benzene rings is 2. The summed E-state index contributed by atoms with van der Waals surface area (Å²) in [5.74, 6) is 0.0777. The summed E-state index contributed by atoms with van der Waals surface area (Å²) in [5, 5.41) is 0.871. The average molecular weight is 350 g/mol. The number of rotatable bonds is 3. The summed E-state index contributed by atoms with van der Waals surface area (Å²) in [5.41, 5.74) is -0.180. The van der Waals surface area contributed by atoms with Crippen molar-refractivity contribution in [3.63, 3.8) is 0 Å². The fourth-order valence-corrected chi connectivity index (χ4v) is 3.37. The van der Waals surface area contributed by atoms with E-state index in [2.05, 4.69) is 4.98 Å². The number of nitrogens with zero attached hydrogens (tertiary/aromatic N) is 2. The molecule has 0 aliphatic carbocycles. The number of halogens is 3. The fourth-order valence-electron chi connectivity index (χ4n) is 2.39. The molecule has 0 atom stereocenters. The molecule has 24 heavy (non-hydrogen) atoms. The number of fused-ring (bicyclic) bond motifs is 1. The number of thioether (sulfide) groups is 1. The first-order valence-corrected chi connectivity index (χ1v) is 8.10. The molecule has 0 saturated carbocycles. The van der Waals surface area contributed by atoms with Crippen LogP contribution in [0.25, 0.3) is 10.9 Å². The van der Waals surface area contributed by atoms with Crippen LogP contribution >= 0.6 is 11.8 Å². The lowest BCUT2D eigenvalue weighted by Gasteiger charge is -2.13. The van der Waals surface area contributed by atoms with Crippen LogP contribution in [0.2, 0.25) is 0 Å². The lowest BCUT2D eigenvalue weighted by atomic mass is 10.1. The van der Waals surface area contributed by atoms with Gasteiger partial charge in [-0.15, -0.1) is 0 Å². The number of hydrogen-bond donors (Lipinski definition) is 0. The lowest BCUT2D eigenvalue weighted by molar-refractivity contribution is -0.138. The summed E-state index contributed by atoms with van der Waals surface area (Å²) in [7, 11) is 1.57. The topological polar surface area (TPSA) is 34.9 Å². The third-order valence-electron chi connectivity index (χ3n) is 3.62. The summed E-state index contributed by atoms with van der Waals surface area (Å²) < 4.78 is 40.5. The molecular weight excluding hydrogens is 337 g/mol. The van der Waals surface area contributed by atoms with Crippen LogP contribution in [0.5, 0.6) is 0 Å². The maximum atomic E-state index is 13.0. The van der Waals surface area contributed by atoms with E-state index >= 15 is 0 Å². The Morgan fingerprint density at radius 2 is 1.75 bits per heavy atom. The van der Waals surface area contributed by atoms with Gasteiger partial charge in [-0.1, -0.05) is 42.1 Å². The Labute approximate surface area is 140 Å². The van der Waals surface area contributed by atoms with E-state index in [1.807, 2.05) is 0 Å². The van der Waals surface area contributed by atoms with E-state index in [4.69, 9.17) is 0 Å². The SMILES string of the molecule is Cn1c(SCc2ccccc2C(F)(F)F)nc2ccccc2c1=O. The molecule has 0 radical (unpaired) electrons. The smallest absolute Gasteiger partial charge is 0.290 e. The monoisotopic (exact) mass is 350 g/mol. The van der Waals surface area contributed by atoms with Gasteiger partial charge in [-0.25, -0.2) is 4.98 Å². The summed E-state index contributed by atoms with van der Waals surface area (Å²) in [6.07, 6.45) is -4.40. The van der Waals surface area contributed by atoms with Crippen LogP contribution < -0.4 is 5.56 Å². The molecule has 124 valence electrons. The van der Waals surface area contributed by atoms with Crippen molar-refractivity contribution in [2.24, 2.45) is 7.05 Å². The molecular formula is C17H13F3N2OS. The summed E-state index contributed by atoms with van der Waals surface area (Å²) in [6, 6.07) is 12.3. The molecule has 0 saturated heterocycles. The summed E-state index contributed by atoms with van der Waals surface area (Å²) in [6.45, 7) is 0. The second-order valence-corrected chi connectivity index (χ2v) is 6.16. The first-order chi connectivity index (χ1) is 11.4. The summed E-state index contributed by atoms with van der Waals surface area (Å²) in [4.78, 5) is 16.7. The zero-order valence-electron chi connectivity index (χ0n) is 12.7. The molecule has 3 rings (SSSR count). The lowest BCUT2D eigenvalue weighted by Crippen LogP contribution is -2.20. The molecule has 0 amide bonds. The molecule has 1 heterocycles. The van der Waals surface area contributed by atoms with E-state index in [-0.39, 0.29) is 16.9 Å². The van der Waals surface area contributed by atoms with Crippen LogP contribution in [-0.4, -0.2) is 9.55 Å². The van der Waals surface area contributed by atoms with Gasteiger partial charge < -0.3 is 0 Å². The Kier molecular flexibility index (Phi) is 4.36. The van der Waals surface area contributed by atoms with E-state index < -0.39 is 11.7 Å². The molecule has 7 heteroatoms. The Balaban J connectivity index is 1.95. The molecule has 0 N–H and O–H groups in total. The second kappa shape index (κ2) is 6.32. The van der Waals surface area contributed by atoms with Crippen molar-refractivity contribution >= 4 is 22.7 Å². The van der Waals surface area contributed by atoms with Crippen molar-refractivity contribution in [1.29, 1.82) is 0 Å². The predicted octanol–water partition coefficient (Wildman–Crippen LogP) is 4.24. The van der Waals surface area contributed by atoms with Crippen molar-refractivity contribution < 1.29 is 13.2 Å². The van der Waals surface area contributed by atoms with Gasteiger partial charge in [0.2, 0.25) is 0 Å². The molecule has 3 aromatic rings. The minimum absolute atomic E-state index is 0.0777. The van der Waals surface area contributed by atoms with Crippen molar-refractivity contribution in [2.75, 3.05) is 0 Å². The Hall–Kier alpha value is -2.28. The third-order valence-corrected chi connectivity index (χ3v) is 4.70. The van der Waals surface area contributed by atoms with E-state index in [1.54, 1.807) is 37.4 Å². The van der Waals surface area contributed by atoms with Crippen molar-refractivity contribution in [3.05, 3.63) is 70.0 Å². The van der Waals surface area contributed by atoms with Gasteiger partial charge in [0.1, 0.15) is 0 Å². The van der Waals surface area contributed by atoms with Crippen molar-refractivity contribution in [3.8, 4) is 0 Å². The molecule has 3 nitrogen and oxygen atoms in total. The first kappa shape index (κ1) is 16.6. The van der Waals surface area contributed by atoms with E-state index in [9.17, 15) is 18.0 Å². The van der Waals surface area contributed by atoms with E-state index in [1.165, 1.54) is 16.7 Å². The molecule has 0 aliphatic rings.